The summed E-state index contributed by atoms with van der Waals surface area (Å²) in [4.78, 5) is 29.2. The van der Waals surface area contributed by atoms with Gasteiger partial charge in [-0.25, -0.2) is 0 Å². The average Bonchev–Trinajstić information content (AvgIpc) is 2.94. The van der Waals surface area contributed by atoms with E-state index in [1.165, 1.54) is 0 Å². The molecule has 4 rings (SSSR count). The Morgan fingerprint density at radius 1 is 0.923 bits per heavy atom. The van der Waals surface area contributed by atoms with E-state index in [0.29, 0.717) is 0 Å². The Labute approximate surface area is 153 Å². The zero-order valence-electron chi connectivity index (χ0n) is 14.8. The fraction of sp³-hybridized carbons (Fsp3) is 0.238. The number of hydrogen-bond acceptors (Lipinski definition) is 3. The largest absolute Gasteiger partial charge is 0.368 e. The van der Waals surface area contributed by atoms with Gasteiger partial charge in [0.1, 0.15) is 0 Å². The Hall–Kier alpha value is -3.08. The number of anilines is 2. The van der Waals surface area contributed by atoms with Crippen LogP contribution in [0.2, 0.25) is 0 Å². The van der Waals surface area contributed by atoms with Gasteiger partial charge in [0.25, 0.3) is 5.91 Å². The second-order valence-corrected chi connectivity index (χ2v) is 6.66. The van der Waals surface area contributed by atoms with Crippen LogP contribution in [-0.4, -0.2) is 50.4 Å². The number of fused-ring (bicyclic) bond motifs is 1. The molecule has 0 spiro atoms. The van der Waals surface area contributed by atoms with Gasteiger partial charge < -0.3 is 14.7 Å². The summed E-state index contributed by atoms with van der Waals surface area (Å²) in [5.41, 5.74) is 4.82. The maximum absolute atomic E-state index is 12.6. The molecule has 0 aliphatic carbocycles. The Bertz CT molecular complexity index is 865. The minimum atomic E-state index is 0.0280. The van der Waals surface area contributed by atoms with Crippen molar-refractivity contribution in [3.63, 3.8) is 0 Å². The molecule has 5 heteroatoms. The van der Waals surface area contributed by atoms with Crippen molar-refractivity contribution in [3.8, 4) is 0 Å². The molecule has 2 aromatic carbocycles. The smallest absolute Gasteiger partial charge is 0.258 e. The first-order chi connectivity index (χ1) is 12.7. The number of para-hydroxylation sites is 1. The molecule has 0 unspecified atom stereocenters. The number of nitrogens with zero attached hydrogens (tertiary/aromatic N) is 3. The molecule has 0 aromatic heterocycles. The normalized spacial score (nSPS) is 18.4. The fourth-order valence-corrected chi connectivity index (χ4v) is 3.57. The maximum Gasteiger partial charge on any atom is 0.258 e. The van der Waals surface area contributed by atoms with E-state index in [0.717, 1.165) is 60.7 Å². The highest BCUT2D eigenvalue weighted by molar-refractivity contribution is 6.35. The van der Waals surface area contributed by atoms with Crippen molar-refractivity contribution in [2.24, 2.45) is 0 Å². The maximum atomic E-state index is 12.6. The summed E-state index contributed by atoms with van der Waals surface area (Å²) < 4.78 is 0. The Kier molecular flexibility index (Phi) is 4.21. The van der Waals surface area contributed by atoms with Crippen LogP contribution in [0.3, 0.4) is 0 Å². The van der Waals surface area contributed by atoms with E-state index in [2.05, 4.69) is 17.0 Å². The first-order valence-electron chi connectivity index (χ1n) is 8.81. The van der Waals surface area contributed by atoms with Gasteiger partial charge in [0.15, 0.2) is 0 Å². The van der Waals surface area contributed by atoms with Crippen molar-refractivity contribution < 1.29 is 9.59 Å². The Morgan fingerprint density at radius 3 is 2.31 bits per heavy atom. The van der Waals surface area contributed by atoms with Crippen LogP contribution in [0.25, 0.3) is 11.6 Å². The number of amides is 2. The molecule has 0 bridgehead atoms. The lowest BCUT2D eigenvalue weighted by atomic mass is 10.0. The summed E-state index contributed by atoms with van der Waals surface area (Å²) in [5.74, 6) is 0.0280. The first-order valence-corrected chi connectivity index (χ1v) is 8.81. The third-order valence-electron chi connectivity index (χ3n) is 5.12. The second-order valence-electron chi connectivity index (χ2n) is 6.66. The number of piperazine rings is 1. The highest BCUT2D eigenvalue weighted by atomic mass is 16.2. The van der Waals surface area contributed by atoms with Crippen LogP contribution in [0.1, 0.15) is 11.1 Å². The van der Waals surface area contributed by atoms with Crippen LogP contribution in [0.4, 0.5) is 11.4 Å². The number of rotatable bonds is 3. The predicted octanol–water partition coefficient (Wildman–Crippen LogP) is 2.48. The first kappa shape index (κ1) is 16.4. The van der Waals surface area contributed by atoms with Crippen LogP contribution in [0.15, 0.2) is 48.5 Å². The summed E-state index contributed by atoms with van der Waals surface area (Å²) >= 11 is 0. The van der Waals surface area contributed by atoms with Gasteiger partial charge in [0.2, 0.25) is 6.41 Å². The molecule has 5 nitrogen and oxygen atoms in total. The van der Waals surface area contributed by atoms with Gasteiger partial charge >= 0.3 is 0 Å². The van der Waals surface area contributed by atoms with Crippen LogP contribution < -0.4 is 9.80 Å². The number of hydrogen-bond donors (Lipinski definition) is 0. The monoisotopic (exact) mass is 347 g/mol. The number of carbonyl (C=O) groups is 2. The molecule has 0 saturated carbocycles. The van der Waals surface area contributed by atoms with Crippen molar-refractivity contribution in [2.45, 2.75) is 0 Å². The van der Waals surface area contributed by atoms with Crippen molar-refractivity contribution in [1.82, 2.24) is 4.90 Å². The topological polar surface area (TPSA) is 43.9 Å². The van der Waals surface area contributed by atoms with E-state index in [1.54, 1.807) is 9.80 Å². The average molecular weight is 347 g/mol. The number of likely N-dealkylation sites (N-methyl/N-ethyl adjacent to an activating group) is 1. The van der Waals surface area contributed by atoms with Crippen molar-refractivity contribution >= 4 is 35.3 Å². The van der Waals surface area contributed by atoms with Crippen LogP contribution >= 0.6 is 0 Å². The summed E-state index contributed by atoms with van der Waals surface area (Å²) in [6.07, 6.45) is 2.87. The third-order valence-corrected chi connectivity index (χ3v) is 5.12. The van der Waals surface area contributed by atoms with Gasteiger partial charge in [0, 0.05) is 50.1 Å². The number of carbonyl (C=O) groups excluding carboxylic acids is 2. The molecule has 2 aliphatic heterocycles. The van der Waals surface area contributed by atoms with E-state index in [9.17, 15) is 9.59 Å². The fourth-order valence-electron chi connectivity index (χ4n) is 3.57. The molecule has 2 heterocycles. The molecule has 2 aromatic rings. The molecule has 0 radical (unpaired) electrons. The molecule has 26 heavy (non-hydrogen) atoms. The molecule has 0 N–H and O–H groups in total. The standard InChI is InChI=1S/C21H21N3O2/c1-22-20-5-3-2-4-18(20)19(21(22)26)14-16-6-8-17(9-7-16)24-12-10-23(15-25)11-13-24/h2-9,14-15H,10-13H2,1H3/b19-14-. The van der Waals surface area contributed by atoms with E-state index in [4.69, 9.17) is 0 Å². The van der Waals surface area contributed by atoms with Gasteiger partial charge in [-0.3, -0.25) is 9.59 Å². The molecular weight excluding hydrogens is 326 g/mol. The Morgan fingerprint density at radius 2 is 1.62 bits per heavy atom. The lowest BCUT2D eigenvalue weighted by molar-refractivity contribution is -0.118. The Balaban J connectivity index is 1.56. The third kappa shape index (κ3) is 2.86. The lowest BCUT2D eigenvalue weighted by Gasteiger charge is -2.34. The van der Waals surface area contributed by atoms with E-state index in [-0.39, 0.29) is 5.91 Å². The summed E-state index contributed by atoms with van der Waals surface area (Å²) in [6.45, 7) is 3.20. The highest BCUT2D eigenvalue weighted by Crippen LogP contribution is 2.36. The minimum absolute atomic E-state index is 0.0280. The van der Waals surface area contributed by atoms with E-state index >= 15 is 0 Å². The van der Waals surface area contributed by atoms with Gasteiger partial charge in [-0.2, -0.15) is 0 Å². The summed E-state index contributed by atoms with van der Waals surface area (Å²) in [6, 6.07) is 16.1. The molecule has 2 amide bonds. The molecule has 2 aliphatic rings. The van der Waals surface area contributed by atoms with Crippen molar-refractivity contribution in [3.05, 3.63) is 59.7 Å². The van der Waals surface area contributed by atoms with E-state index in [1.807, 2.05) is 49.5 Å². The summed E-state index contributed by atoms with van der Waals surface area (Å²) in [7, 11) is 1.81. The van der Waals surface area contributed by atoms with Crippen LogP contribution in [-0.2, 0) is 9.59 Å². The zero-order chi connectivity index (χ0) is 18.1. The molecule has 132 valence electrons. The number of benzene rings is 2. The van der Waals surface area contributed by atoms with Gasteiger partial charge in [-0.1, -0.05) is 30.3 Å². The minimum Gasteiger partial charge on any atom is -0.368 e. The molecule has 0 atom stereocenters. The predicted molar refractivity (Wildman–Crippen MR) is 104 cm³/mol. The molecule has 1 fully saturated rings. The van der Waals surface area contributed by atoms with Crippen LogP contribution in [0.5, 0.6) is 0 Å². The van der Waals surface area contributed by atoms with Crippen LogP contribution in [0, 0.1) is 0 Å². The zero-order valence-corrected chi connectivity index (χ0v) is 14.8. The molecular formula is C21H21N3O2. The van der Waals surface area contributed by atoms with Gasteiger partial charge in [-0.15, -0.1) is 0 Å². The highest BCUT2D eigenvalue weighted by Gasteiger charge is 2.28. The second kappa shape index (κ2) is 6.67. The quantitative estimate of drug-likeness (QED) is 0.633. The van der Waals surface area contributed by atoms with Gasteiger partial charge in [-0.05, 0) is 29.8 Å². The van der Waals surface area contributed by atoms with Crippen molar-refractivity contribution in [1.29, 1.82) is 0 Å². The van der Waals surface area contributed by atoms with Crippen molar-refractivity contribution in [2.75, 3.05) is 43.0 Å². The van der Waals surface area contributed by atoms with Gasteiger partial charge in [0.05, 0.1) is 5.69 Å². The lowest BCUT2D eigenvalue weighted by Crippen LogP contribution is -2.45. The van der Waals surface area contributed by atoms with E-state index < -0.39 is 0 Å². The molecule has 1 saturated heterocycles. The SMILES string of the molecule is CN1C(=O)/C(=C\c2ccc(N3CCN(C=O)CC3)cc2)c2ccccc21. The summed E-state index contributed by atoms with van der Waals surface area (Å²) in [5, 5.41) is 0.